The molecule has 0 heterocycles. The largest absolute Gasteiger partial charge is 0.480 e. The SMILES string of the molecule is NC(=O)CC[C@H](NC(=O)/C=C/c1ccc(N)cc1)C(=O)O. The van der Waals surface area contributed by atoms with Crippen molar-refractivity contribution < 1.29 is 19.5 Å². The van der Waals surface area contributed by atoms with Crippen molar-refractivity contribution in [1.29, 1.82) is 0 Å². The van der Waals surface area contributed by atoms with Crippen LogP contribution < -0.4 is 16.8 Å². The average molecular weight is 291 g/mol. The molecule has 1 aromatic rings. The van der Waals surface area contributed by atoms with Crippen molar-refractivity contribution in [3.8, 4) is 0 Å². The van der Waals surface area contributed by atoms with Gasteiger partial charge in [0.2, 0.25) is 11.8 Å². The lowest BCUT2D eigenvalue weighted by molar-refractivity contribution is -0.141. The van der Waals surface area contributed by atoms with Gasteiger partial charge in [-0.3, -0.25) is 9.59 Å². The second-order valence-corrected chi connectivity index (χ2v) is 4.40. The predicted octanol–water partition coefficient (Wildman–Crippen LogP) is 0.117. The van der Waals surface area contributed by atoms with Crippen LogP contribution in [0.1, 0.15) is 18.4 Å². The van der Waals surface area contributed by atoms with Gasteiger partial charge in [0.05, 0.1) is 0 Å². The number of benzene rings is 1. The highest BCUT2D eigenvalue weighted by Gasteiger charge is 2.19. The lowest BCUT2D eigenvalue weighted by Crippen LogP contribution is -2.40. The van der Waals surface area contributed by atoms with Crippen LogP contribution in [0.3, 0.4) is 0 Å². The summed E-state index contributed by atoms with van der Waals surface area (Å²) in [4.78, 5) is 33.2. The molecule has 112 valence electrons. The average Bonchev–Trinajstić information content (AvgIpc) is 2.42. The van der Waals surface area contributed by atoms with E-state index in [4.69, 9.17) is 16.6 Å². The Morgan fingerprint density at radius 3 is 2.38 bits per heavy atom. The first-order valence-electron chi connectivity index (χ1n) is 6.23. The van der Waals surface area contributed by atoms with Crippen LogP contribution in [-0.4, -0.2) is 28.9 Å². The van der Waals surface area contributed by atoms with E-state index in [1.54, 1.807) is 24.3 Å². The third-order valence-electron chi connectivity index (χ3n) is 2.66. The van der Waals surface area contributed by atoms with Crippen molar-refractivity contribution in [3.05, 3.63) is 35.9 Å². The molecule has 0 aliphatic rings. The van der Waals surface area contributed by atoms with Crippen LogP contribution in [0.4, 0.5) is 5.69 Å². The van der Waals surface area contributed by atoms with Crippen LogP contribution in [0.25, 0.3) is 6.08 Å². The molecule has 0 aliphatic carbocycles. The van der Waals surface area contributed by atoms with Gasteiger partial charge in [-0.25, -0.2) is 4.79 Å². The Bertz CT molecular complexity index is 552. The highest BCUT2D eigenvalue weighted by molar-refractivity contribution is 5.94. The van der Waals surface area contributed by atoms with Gasteiger partial charge in [-0.1, -0.05) is 12.1 Å². The topological polar surface area (TPSA) is 136 Å². The summed E-state index contributed by atoms with van der Waals surface area (Å²) in [6, 6.07) is 5.66. The lowest BCUT2D eigenvalue weighted by atomic mass is 10.1. The first-order valence-corrected chi connectivity index (χ1v) is 6.23. The zero-order valence-corrected chi connectivity index (χ0v) is 11.3. The summed E-state index contributed by atoms with van der Waals surface area (Å²) in [5.74, 6) is -2.40. The quantitative estimate of drug-likeness (QED) is 0.418. The fourth-order valence-corrected chi connectivity index (χ4v) is 1.54. The molecule has 7 heteroatoms. The number of primary amides is 1. The summed E-state index contributed by atoms with van der Waals surface area (Å²) in [6.07, 6.45) is 2.58. The Hall–Kier alpha value is -2.83. The van der Waals surface area contributed by atoms with Gasteiger partial charge >= 0.3 is 5.97 Å². The van der Waals surface area contributed by atoms with Crippen molar-refractivity contribution in [3.63, 3.8) is 0 Å². The monoisotopic (exact) mass is 291 g/mol. The van der Waals surface area contributed by atoms with Gasteiger partial charge in [0.15, 0.2) is 0 Å². The number of nitrogens with one attached hydrogen (secondary N) is 1. The molecule has 0 aliphatic heterocycles. The number of carboxylic acids is 1. The summed E-state index contributed by atoms with van der Waals surface area (Å²) in [5.41, 5.74) is 11.8. The Kier molecular flexibility index (Phi) is 5.94. The van der Waals surface area contributed by atoms with Crippen LogP contribution >= 0.6 is 0 Å². The van der Waals surface area contributed by atoms with Gasteiger partial charge in [-0.2, -0.15) is 0 Å². The standard InChI is InChI=1S/C14H17N3O4/c15-10-4-1-9(2-5-10)3-8-13(19)17-11(14(20)21)6-7-12(16)18/h1-5,8,11H,6-7,15H2,(H2,16,18)(H,17,19)(H,20,21)/b8-3+/t11-/m0/s1. The molecule has 0 saturated carbocycles. The van der Waals surface area contributed by atoms with Crippen molar-refractivity contribution in [1.82, 2.24) is 5.32 Å². The Balaban J connectivity index is 2.59. The van der Waals surface area contributed by atoms with Crippen molar-refractivity contribution in [2.75, 3.05) is 5.73 Å². The Labute approximate surface area is 121 Å². The number of nitrogen functional groups attached to an aromatic ring is 1. The molecule has 0 fully saturated rings. The van der Waals surface area contributed by atoms with Crippen LogP contribution in [-0.2, 0) is 14.4 Å². The van der Waals surface area contributed by atoms with Gasteiger partial charge in [0.25, 0.3) is 0 Å². The predicted molar refractivity (Wildman–Crippen MR) is 77.9 cm³/mol. The van der Waals surface area contributed by atoms with E-state index in [1.807, 2.05) is 0 Å². The van der Waals surface area contributed by atoms with Gasteiger partial charge in [0, 0.05) is 18.2 Å². The minimum absolute atomic E-state index is 0.0495. The molecule has 2 amide bonds. The molecule has 0 radical (unpaired) electrons. The number of hydrogen-bond donors (Lipinski definition) is 4. The Morgan fingerprint density at radius 2 is 1.86 bits per heavy atom. The molecule has 1 rings (SSSR count). The number of carboxylic acid groups (broad SMARTS) is 1. The summed E-state index contributed by atoms with van der Waals surface area (Å²) in [6.45, 7) is 0. The van der Waals surface area contributed by atoms with Crippen LogP contribution in [0, 0.1) is 0 Å². The van der Waals surface area contributed by atoms with E-state index < -0.39 is 23.8 Å². The van der Waals surface area contributed by atoms with Gasteiger partial charge in [-0.05, 0) is 30.2 Å². The zero-order valence-electron chi connectivity index (χ0n) is 11.3. The zero-order chi connectivity index (χ0) is 15.8. The summed E-state index contributed by atoms with van der Waals surface area (Å²) in [5, 5.41) is 11.2. The normalized spacial score (nSPS) is 12.0. The number of hydrogen-bond acceptors (Lipinski definition) is 4. The van der Waals surface area contributed by atoms with E-state index in [9.17, 15) is 14.4 Å². The minimum atomic E-state index is -1.22. The second kappa shape index (κ2) is 7.68. The third-order valence-corrected chi connectivity index (χ3v) is 2.66. The third kappa shape index (κ3) is 6.24. The van der Waals surface area contributed by atoms with E-state index in [0.717, 1.165) is 5.56 Å². The molecule has 0 saturated heterocycles. The molecule has 7 nitrogen and oxygen atoms in total. The minimum Gasteiger partial charge on any atom is -0.480 e. The fraction of sp³-hybridized carbons (Fsp3) is 0.214. The summed E-state index contributed by atoms with van der Waals surface area (Å²) < 4.78 is 0. The number of aliphatic carboxylic acids is 1. The molecular formula is C14H17N3O4. The number of amides is 2. The molecular weight excluding hydrogens is 274 g/mol. The first-order chi connectivity index (χ1) is 9.88. The number of carbonyl (C=O) groups is 3. The maximum Gasteiger partial charge on any atom is 0.326 e. The Morgan fingerprint density at radius 1 is 1.24 bits per heavy atom. The number of rotatable bonds is 7. The fourth-order valence-electron chi connectivity index (χ4n) is 1.54. The van der Waals surface area contributed by atoms with Crippen molar-refractivity contribution >= 4 is 29.5 Å². The van der Waals surface area contributed by atoms with Crippen LogP contribution in [0.2, 0.25) is 0 Å². The maximum atomic E-state index is 11.6. The smallest absolute Gasteiger partial charge is 0.326 e. The van der Waals surface area contributed by atoms with Crippen molar-refractivity contribution in [2.45, 2.75) is 18.9 Å². The number of carbonyl (C=O) groups excluding carboxylic acids is 2. The van der Waals surface area contributed by atoms with E-state index >= 15 is 0 Å². The number of anilines is 1. The van der Waals surface area contributed by atoms with Crippen molar-refractivity contribution in [2.24, 2.45) is 5.73 Å². The van der Waals surface area contributed by atoms with Gasteiger partial charge < -0.3 is 21.9 Å². The summed E-state index contributed by atoms with van der Waals surface area (Å²) in [7, 11) is 0. The highest BCUT2D eigenvalue weighted by Crippen LogP contribution is 2.07. The molecule has 0 aromatic heterocycles. The molecule has 21 heavy (non-hydrogen) atoms. The van der Waals surface area contributed by atoms with Gasteiger partial charge in [0.1, 0.15) is 6.04 Å². The summed E-state index contributed by atoms with van der Waals surface area (Å²) >= 11 is 0. The van der Waals surface area contributed by atoms with Gasteiger partial charge in [-0.15, -0.1) is 0 Å². The maximum absolute atomic E-state index is 11.6. The molecule has 1 aromatic carbocycles. The van der Waals surface area contributed by atoms with E-state index in [1.165, 1.54) is 12.2 Å². The second-order valence-electron chi connectivity index (χ2n) is 4.40. The number of nitrogens with two attached hydrogens (primary N) is 2. The van der Waals surface area contributed by atoms with Crippen LogP contribution in [0.5, 0.6) is 0 Å². The molecule has 1 atom stereocenters. The van der Waals surface area contributed by atoms with E-state index in [0.29, 0.717) is 5.69 Å². The molecule has 6 N–H and O–H groups in total. The lowest BCUT2D eigenvalue weighted by Gasteiger charge is -2.11. The van der Waals surface area contributed by atoms with E-state index in [-0.39, 0.29) is 12.8 Å². The molecule has 0 unspecified atom stereocenters. The van der Waals surface area contributed by atoms with E-state index in [2.05, 4.69) is 5.32 Å². The molecule has 0 bridgehead atoms. The highest BCUT2D eigenvalue weighted by atomic mass is 16.4. The molecule has 0 spiro atoms. The van der Waals surface area contributed by atoms with Crippen LogP contribution in [0.15, 0.2) is 30.3 Å². The first kappa shape index (κ1) is 16.2.